The molecular weight excluding hydrogens is 616 g/mol. The number of hydrogen-bond donors (Lipinski definition) is 3. The number of carbonyl (C=O) groups excluding carboxylic acids is 2. The molecule has 0 unspecified atom stereocenters. The number of carbonyl (C=O) groups is 3. The second-order valence-electron chi connectivity index (χ2n) is 11.0. The van der Waals surface area contributed by atoms with Gasteiger partial charge >= 0.3 is 12.1 Å². The Morgan fingerprint density at radius 3 is 1.81 bits per heavy atom. The summed E-state index contributed by atoms with van der Waals surface area (Å²) in [7, 11) is -3.92. The molecule has 0 saturated heterocycles. The number of aliphatic carboxylic acids is 1. The smallest absolute Gasteiger partial charge is 0.408 e. The Bertz CT molecular complexity index is 2000. The van der Waals surface area contributed by atoms with Gasteiger partial charge in [0, 0.05) is 5.56 Å². The van der Waals surface area contributed by atoms with E-state index < -0.39 is 52.4 Å². The third-order valence-corrected chi connectivity index (χ3v) is 10.0. The predicted molar refractivity (Wildman–Crippen MR) is 177 cm³/mol. The zero-order chi connectivity index (χ0) is 33.0. The van der Waals surface area contributed by atoms with Crippen LogP contribution in [0, 0.1) is 0 Å². The Morgan fingerprint density at radius 1 is 0.723 bits per heavy atom. The topological polar surface area (TPSA) is 139 Å². The molecule has 0 aromatic heterocycles. The quantitative estimate of drug-likeness (QED) is 0.167. The Balaban J connectivity index is 1.20. The van der Waals surface area contributed by atoms with Gasteiger partial charge in [-0.2, -0.15) is 0 Å². The first kappa shape index (κ1) is 31.3. The van der Waals surface area contributed by atoms with E-state index in [1.54, 1.807) is 18.2 Å². The first-order valence-electron chi connectivity index (χ1n) is 14.8. The van der Waals surface area contributed by atoms with Crippen molar-refractivity contribution in [2.24, 2.45) is 0 Å². The number of hydrogen-bond acceptors (Lipinski definition) is 6. The van der Waals surface area contributed by atoms with Crippen LogP contribution in [0.4, 0.5) is 4.79 Å². The van der Waals surface area contributed by atoms with E-state index in [4.69, 9.17) is 4.74 Å². The van der Waals surface area contributed by atoms with Crippen LogP contribution in [-0.4, -0.2) is 44.1 Å². The highest BCUT2D eigenvalue weighted by molar-refractivity contribution is 7.95. The number of alkyl carbamates (subject to hydrolysis) is 1. The fourth-order valence-corrected chi connectivity index (χ4v) is 7.38. The summed E-state index contributed by atoms with van der Waals surface area (Å²) in [5.41, 5.74) is 1.53. The molecular formula is C37H30N2O7S. The van der Waals surface area contributed by atoms with Crippen LogP contribution in [-0.2, 0) is 29.7 Å². The molecule has 236 valence electrons. The van der Waals surface area contributed by atoms with Gasteiger partial charge in [0.25, 0.3) is 0 Å². The Labute approximate surface area is 271 Å². The second-order valence-corrected chi connectivity index (χ2v) is 13.0. The minimum atomic E-state index is -3.92. The molecule has 0 radical (unpaired) electrons. The molecule has 0 bridgehead atoms. The van der Waals surface area contributed by atoms with Crippen molar-refractivity contribution in [3.8, 4) is 0 Å². The van der Waals surface area contributed by atoms with Crippen LogP contribution in [0.15, 0.2) is 137 Å². The number of sulfone groups is 1. The highest BCUT2D eigenvalue weighted by Crippen LogP contribution is 2.38. The summed E-state index contributed by atoms with van der Waals surface area (Å²) in [5.74, 6) is -2.12. The van der Waals surface area contributed by atoms with Crippen molar-refractivity contribution >= 4 is 44.7 Å². The van der Waals surface area contributed by atoms with Crippen LogP contribution in [0.3, 0.4) is 0 Å². The van der Waals surface area contributed by atoms with Crippen molar-refractivity contribution < 1.29 is 32.6 Å². The lowest BCUT2D eigenvalue weighted by molar-refractivity contribution is -0.141. The fourth-order valence-electron chi connectivity index (χ4n) is 5.91. The maximum atomic E-state index is 13.7. The summed E-state index contributed by atoms with van der Waals surface area (Å²) in [6.07, 6.45) is -0.349. The van der Waals surface area contributed by atoms with E-state index in [0.717, 1.165) is 27.5 Å². The molecule has 1 aliphatic rings. The van der Waals surface area contributed by atoms with Crippen molar-refractivity contribution in [3.05, 3.63) is 155 Å². The van der Waals surface area contributed by atoms with Crippen molar-refractivity contribution in [3.63, 3.8) is 0 Å². The highest BCUT2D eigenvalue weighted by atomic mass is 32.2. The van der Waals surface area contributed by atoms with Gasteiger partial charge < -0.3 is 20.5 Å². The molecule has 47 heavy (non-hydrogen) atoms. The summed E-state index contributed by atoms with van der Waals surface area (Å²) >= 11 is 0. The van der Waals surface area contributed by atoms with Gasteiger partial charge in [0.15, 0.2) is 0 Å². The van der Waals surface area contributed by atoms with Gasteiger partial charge in [0.2, 0.25) is 15.7 Å². The monoisotopic (exact) mass is 646 g/mol. The van der Waals surface area contributed by atoms with E-state index in [0.29, 0.717) is 5.56 Å². The molecule has 5 aromatic carbocycles. The SMILES string of the molecule is O=C(C[C@H](NC(=O)OCC1=Cc2c(ccc3ccccc23)S1(=O)=O)C(=O)O)NC(c1ccccc1)(c1ccccc1)c1ccccc1. The lowest BCUT2D eigenvalue weighted by Gasteiger charge is -2.37. The molecule has 3 N–H and O–H groups in total. The van der Waals surface area contributed by atoms with Crippen LogP contribution in [0.1, 0.15) is 28.7 Å². The molecule has 1 atom stereocenters. The van der Waals surface area contributed by atoms with Gasteiger partial charge in [-0.3, -0.25) is 4.79 Å². The van der Waals surface area contributed by atoms with Gasteiger partial charge in [0.05, 0.1) is 16.2 Å². The minimum absolute atomic E-state index is 0.106. The van der Waals surface area contributed by atoms with Gasteiger partial charge in [-0.05, 0) is 39.6 Å². The summed E-state index contributed by atoms with van der Waals surface area (Å²) < 4.78 is 31.5. The summed E-state index contributed by atoms with van der Waals surface area (Å²) in [6.45, 7) is -0.616. The van der Waals surface area contributed by atoms with Crippen molar-refractivity contribution in [1.82, 2.24) is 10.6 Å². The van der Waals surface area contributed by atoms with E-state index >= 15 is 0 Å². The maximum absolute atomic E-state index is 13.7. The van der Waals surface area contributed by atoms with E-state index in [1.165, 1.54) is 12.1 Å². The van der Waals surface area contributed by atoms with E-state index in [9.17, 15) is 27.9 Å². The molecule has 0 spiro atoms. The average Bonchev–Trinajstić information content (AvgIpc) is 3.36. The van der Waals surface area contributed by atoms with E-state index in [2.05, 4.69) is 10.6 Å². The Hall–Kier alpha value is -5.74. The number of ether oxygens (including phenoxy) is 1. The van der Waals surface area contributed by atoms with Gasteiger partial charge in [-0.25, -0.2) is 18.0 Å². The Morgan fingerprint density at radius 2 is 1.26 bits per heavy atom. The van der Waals surface area contributed by atoms with Crippen molar-refractivity contribution in [2.45, 2.75) is 22.9 Å². The lowest BCUT2D eigenvalue weighted by Crippen LogP contribution is -2.51. The van der Waals surface area contributed by atoms with E-state index in [1.807, 2.05) is 103 Å². The normalized spacial score (nSPS) is 14.0. The average molecular weight is 647 g/mol. The number of benzene rings is 5. The van der Waals surface area contributed by atoms with Gasteiger partial charge in [-0.15, -0.1) is 0 Å². The predicted octanol–water partition coefficient (Wildman–Crippen LogP) is 5.65. The third kappa shape index (κ3) is 6.10. The van der Waals surface area contributed by atoms with Crippen LogP contribution in [0.2, 0.25) is 0 Å². The molecule has 6 rings (SSSR count). The number of amides is 2. The van der Waals surface area contributed by atoms with Crippen LogP contribution in [0.25, 0.3) is 16.8 Å². The standard InChI is InChI=1S/C37H30N2O7S/c40-34(39-37(26-13-4-1-5-14-26,27-15-6-2-7-16-27)28-17-8-3-9-18-28)23-32(35(41)42)38-36(43)46-24-29-22-31-30-19-11-10-12-25(30)20-21-33(31)47(29,44)45/h1-22,32H,23-24H2,(H,38,43)(H,39,40)(H,41,42)/t32-/m0/s1. The molecule has 1 aliphatic heterocycles. The minimum Gasteiger partial charge on any atom is -0.480 e. The lowest BCUT2D eigenvalue weighted by atomic mass is 9.77. The number of carboxylic acids is 1. The van der Waals surface area contributed by atoms with Gasteiger partial charge in [0.1, 0.15) is 18.2 Å². The zero-order valence-corrected chi connectivity index (χ0v) is 25.8. The van der Waals surface area contributed by atoms with Crippen LogP contribution < -0.4 is 10.6 Å². The number of nitrogens with one attached hydrogen (secondary N) is 2. The van der Waals surface area contributed by atoms with Gasteiger partial charge in [-0.1, -0.05) is 121 Å². The fraction of sp³-hybridized carbons (Fsp3) is 0.108. The van der Waals surface area contributed by atoms with Crippen LogP contribution in [0.5, 0.6) is 0 Å². The molecule has 2 amide bonds. The summed E-state index contributed by atoms with van der Waals surface area (Å²) in [5, 5.41) is 16.8. The summed E-state index contributed by atoms with van der Waals surface area (Å²) in [4.78, 5) is 38.7. The second kappa shape index (κ2) is 12.9. The van der Waals surface area contributed by atoms with Crippen LogP contribution >= 0.6 is 0 Å². The first-order valence-corrected chi connectivity index (χ1v) is 16.3. The molecule has 1 heterocycles. The number of fused-ring (bicyclic) bond motifs is 3. The third-order valence-electron chi connectivity index (χ3n) is 8.14. The first-order chi connectivity index (χ1) is 22.7. The Kier molecular flexibility index (Phi) is 8.60. The summed E-state index contributed by atoms with van der Waals surface area (Å²) in [6, 6.07) is 36.8. The van der Waals surface area contributed by atoms with Crippen molar-refractivity contribution in [2.75, 3.05) is 6.61 Å². The van der Waals surface area contributed by atoms with E-state index in [-0.39, 0.29) is 9.80 Å². The molecule has 0 fully saturated rings. The van der Waals surface area contributed by atoms with Crippen molar-refractivity contribution in [1.29, 1.82) is 0 Å². The molecule has 10 heteroatoms. The zero-order valence-electron chi connectivity index (χ0n) is 25.0. The largest absolute Gasteiger partial charge is 0.480 e. The molecule has 9 nitrogen and oxygen atoms in total. The number of rotatable bonds is 10. The maximum Gasteiger partial charge on any atom is 0.408 e. The molecule has 0 aliphatic carbocycles. The molecule has 5 aromatic rings. The molecule has 0 saturated carbocycles. The highest BCUT2D eigenvalue weighted by Gasteiger charge is 2.39. The number of carboxylic acid groups (broad SMARTS) is 1.